The summed E-state index contributed by atoms with van der Waals surface area (Å²) < 4.78 is 17.5. The molecule has 1 amide bonds. The van der Waals surface area contributed by atoms with Crippen molar-refractivity contribution < 1.29 is 18.8 Å². The molecule has 3 atom stereocenters. The second kappa shape index (κ2) is 8.99. The number of piperidine rings is 1. The number of hydrogen-bond acceptors (Lipinski definition) is 5. The number of carbonyl (C=O) groups excluding carboxylic acids is 1. The summed E-state index contributed by atoms with van der Waals surface area (Å²) in [7, 11) is 1.66. The number of aromatic nitrogens is 1. The topological polar surface area (TPSA) is 64.8 Å². The summed E-state index contributed by atoms with van der Waals surface area (Å²) in [6.45, 7) is 3.04. The number of carbonyl (C=O) groups is 1. The van der Waals surface area contributed by atoms with Crippen LogP contribution < -0.4 is 4.74 Å². The van der Waals surface area contributed by atoms with Gasteiger partial charge in [-0.3, -0.25) is 4.79 Å². The maximum absolute atomic E-state index is 13.2. The summed E-state index contributed by atoms with van der Waals surface area (Å²) in [4.78, 5) is 15.2. The van der Waals surface area contributed by atoms with E-state index >= 15 is 0 Å². The molecule has 1 aliphatic heterocycles. The fourth-order valence-electron chi connectivity index (χ4n) is 5.65. The smallest absolute Gasteiger partial charge is 0.228 e. The monoisotopic (exact) mass is 492 g/mol. The zero-order valence-electron chi connectivity index (χ0n) is 20.0. The van der Waals surface area contributed by atoms with Crippen molar-refractivity contribution in [3.63, 3.8) is 0 Å². The van der Waals surface area contributed by atoms with Gasteiger partial charge in [-0.1, -0.05) is 41.0 Å². The highest BCUT2D eigenvalue weighted by atomic mass is 35.5. The van der Waals surface area contributed by atoms with Crippen molar-refractivity contribution >= 4 is 17.5 Å². The van der Waals surface area contributed by atoms with Crippen LogP contribution in [-0.2, 0) is 22.7 Å². The van der Waals surface area contributed by atoms with Crippen LogP contribution in [0.15, 0.2) is 47.0 Å². The van der Waals surface area contributed by atoms with Crippen molar-refractivity contribution in [1.29, 1.82) is 0 Å². The van der Waals surface area contributed by atoms with Crippen LogP contribution in [0.2, 0.25) is 5.02 Å². The summed E-state index contributed by atoms with van der Waals surface area (Å²) in [5.74, 6) is 2.24. The number of fused-ring (bicyclic) bond motifs is 2. The summed E-state index contributed by atoms with van der Waals surface area (Å²) in [5.41, 5.74) is 4.82. The minimum atomic E-state index is -0.0898. The number of rotatable bonds is 8. The Hall–Kier alpha value is -2.83. The second-order valence-corrected chi connectivity index (χ2v) is 10.4. The third-order valence-corrected chi connectivity index (χ3v) is 8.01. The molecule has 182 valence electrons. The Morgan fingerprint density at radius 1 is 1.14 bits per heavy atom. The standard InChI is InChI=1S/C28H29ClN2O4/c1-16-4-3-5-23(29)25(16)26-22(27(35-30-26)18-8-9-18)15-34-24-13-19-12-21(24)28(32)31(19)14-17-6-10-20(33-2)11-7-17/h3-7,10-11,18-19,21,24H,8-9,12-15H2,1-2H3/t19-,21+,24+/m0/s1. The predicted molar refractivity (Wildman–Crippen MR) is 132 cm³/mol. The van der Waals surface area contributed by atoms with Gasteiger partial charge in [-0.25, -0.2) is 0 Å². The minimum Gasteiger partial charge on any atom is -0.497 e. The molecule has 2 saturated carbocycles. The van der Waals surface area contributed by atoms with E-state index in [0.717, 1.165) is 65.1 Å². The first-order valence-electron chi connectivity index (χ1n) is 12.3. The van der Waals surface area contributed by atoms with E-state index in [2.05, 4.69) is 5.16 Å². The zero-order valence-corrected chi connectivity index (χ0v) is 20.8. The average Bonchev–Trinajstić information content (AvgIpc) is 3.38. The first kappa shape index (κ1) is 22.6. The Morgan fingerprint density at radius 3 is 2.63 bits per heavy atom. The second-order valence-electron chi connectivity index (χ2n) is 9.98. The van der Waals surface area contributed by atoms with Gasteiger partial charge in [0.25, 0.3) is 0 Å². The van der Waals surface area contributed by atoms with Crippen molar-refractivity contribution in [2.24, 2.45) is 5.92 Å². The van der Waals surface area contributed by atoms with Crippen LogP contribution in [0.4, 0.5) is 0 Å². The van der Waals surface area contributed by atoms with Crippen molar-refractivity contribution in [1.82, 2.24) is 10.1 Å². The number of likely N-dealkylation sites (tertiary alicyclic amines) is 1. The van der Waals surface area contributed by atoms with Crippen LogP contribution >= 0.6 is 11.6 Å². The van der Waals surface area contributed by atoms with Crippen molar-refractivity contribution in [2.45, 2.75) is 63.8 Å². The predicted octanol–water partition coefficient (Wildman–Crippen LogP) is 5.90. The largest absolute Gasteiger partial charge is 0.497 e. The quantitative estimate of drug-likeness (QED) is 0.392. The van der Waals surface area contributed by atoms with Gasteiger partial charge in [-0.2, -0.15) is 0 Å². The molecule has 1 saturated heterocycles. The van der Waals surface area contributed by atoms with Crippen LogP contribution in [0.3, 0.4) is 0 Å². The summed E-state index contributed by atoms with van der Waals surface area (Å²) >= 11 is 6.56. The zero-order chi connectivity index (χ0) is 24.1. The van der Waals surface area contributed by atoms with Crippen molar-refractivity contribution in [3.8, 4) is 17.0 Å². The van der Waals surface area contributed by atoms with E-state index in [1.165, 1.54) is 0 Å². The van der Waals surface area contributed by atoms with Crippen LogP contribution in [0.25, 0.3) is 11.3 Å². The average molecular weight is 493 g/mol. The third-order valence-electron chi connectivity index (χ3n) is 7.70. The SMILES string of the molecule is COc1ccc(CN2C(=O)[C@@H]3C[C@H]2C[C@H]3OCc2c(-c3c(C)cccc3Cl)noc2C2CC2)cc1. The van der Waals surface area contributed by atoms with Gasteiger partial charge in [-0.05, 0) is 61.9 Å². The number of aryl methyl sites for hydroxylation is 1. The molecule has 6 nitrogen and oxygen atoms in total. The maximum atomic E-state index is 13.2. The molecular formula is C28H29ClN2O4. The molecule has 2 aromatic carbocycles. The Bertz CT molecular complexity index is 1230. The highest BCUT2D eigenvalue weighted by Crippen LogP contribution is 2.47. The van der Waals surface area contributed by atoms with Crippen LogP contribution in [0.1, 0.15) is 54.1 Å². The van der Waals surface area contributed by atoms with Crippen LogP contribution in [0, 0.1) is 12.8 Å². The van der Waals surface area contributed by atoms with E-state index < -0.39 is 0 Å². The van der Waals surface area contributed by atoms with Gasteiger partial charge in [0.15, 0.2) is 0 Å². The van der Waals surface area contributed by atoms with Gasteiger partial charge < -0.3 is 18.9 Å². The number of methoxy groups -OCH3 is 1. The van der Waals surface area contributed by atoms with E-state index in [4.69, 9.17) is 25.6 Å². The molecule has 3 aromatic rings. The molecule has 2 bridgehead atoms. The molecular weight excluding hydrogens is 464 g/mol. The lowest BCUT2D eigenvalue weighted by Gasteiger charge is -2.31. The van der Waals surface area contributed by atoms with Crippen LogP contribution in [-0.4, -0.2) is 35.2 Å². The highest BCUT2D eigenvalue weighted by Gasteiger charge is 2.51. The molecule has 0 N–H and O–H groups in total. The Morgan fingerprint density at radius 2 is 1.94 bits per heavy atom. The molecule has 3 fully saturated rings. The van der Waals surface area contributed by atoms with Gasteiger partial charge in [0.2, 0.25) is 5.91 Å². The summed E-state index contributed by atoms with van der Waals surface area (Å²) in [6.07, 6.45) is 3.85. The highest BCUT2D eigenvalue weighted by molar-refractivity contribution is 6.33. The number of nitrogens with zero attached hydrogens (tertiary/aromatic N) is 2. The number of halogens is 1. The van der Waals surface area contributed by atoms with Crippen molar-refractivity contribution in [2.75, 3.05) is 7.11 Å². The fraction of sp³-hybridized carbons (Fsp3) is 0.429. The summed E-state index contributed by atoms with van der Waals surface area (Å²) in [6, 6.07) is 14.0. The number of hydrogen-bond donors (Lipinski definition) is 0. The normalized spacial score (nSPS) is 23.3. The lowest BCUT2D eigenvalue weighted by molar-refractivity contribution is -0.141. The first-order chi connectivity index (χ1) is 17.0. The Labute approximate surface area is 210 Å². The molecule has 2 heterocycles. The molecule has 6 rings (SSSR count). The maximum Gasteiger partial charge on any atom is 0.228 e. The van der Waals surface area contributed by atoms with E-state index in [1.54, 1.807) is 7.11 Å². The van der Waals surface area contributed by atoms with Crippen molar-refractivity contribution in [3.05, 3.63) is 69.9 Å². The van der Waals surface area contributed by atoms with Gasteiger partial charge in [-0.15, -0.1) is 0 Å². The first-order valence-corrected chi connectivity index (χ1v) is 12.7. The molecule has 0 radical (unpaired) electrons. The molecule has 2 aliphatic carbocycles. The fourth-order valence-corrected chi connectivity index (χ4v) is 5.96. The lowest BCUT2D eigenvalue weighted by Crippen LogP contribution is -2.42. The van der Waals surface area contributed by atoms with E-state index in [1.807, 2.05) is 54.3 Å². The summed E-state index contributed by atoms with van der Waals surface area (Å²) in [5, 5.41) is 5.08. The van der Waals surface area contributed by atoms with Gasteiger partial charge in [0, 0.05) is 29.6 Å². The lowest BCUT2D eigenvalue weighted by atomic mass is 10.00. The molecule has 1 aromatic heterocycles. The van der Waals surface area contributed by atoms with Gasteiger partial charge >= 0.3 is 0 Å². The Balaban J connectivity index is 1.17. The Kier molecular flexibility index (Phi) is 5.81. The third kappa shape index (κ3) is 4.13. The number of ether oxygens (including phenoxy) is 2. The van der Waals surface area contributed by atoms with Gasteiger partial charge in [0.1, 0.15) is 17.2 Å². The molecule has 0 spiro atoms. The molecule has 35 heavy (non-hydrogen) atoms. The minimum absolute atomic E-state index is 0.0817. The van der Waals surface area contributed by atoms with E-state index in [0.29, 0.717) is 24.1 Å². The van der Waals surface area contributed by atoms with Crippen LogP contribution in [0.5, 0.6) is 5.75 Å². The van der Waals surface area contributed by atoms with E-state index in [-0.39, 0.29) is 24.0 Å². The van der Waals surface area contributed by atoms with Gasteiger partial charge in [0.05, 0.1) is 30.8 Å². The molecule has 7 heteroatoms. The molecule has 0 unspecified atom stereocenters. The number of benzene rings is 2. The van der Waals surface area contributed by atoms with E-state index in [9.17, 15) is 4.79 Å². The number of amides is 1. The molecule has 3 aliphatic rings.